The van der Waals surface area contributed by atoms with Crippen molar-refractivity contribution < 1.29 is 13.2 Å². The second kappa shape index (κ2) is 6.54. The highest BCUT2D eigenvalue weighted by molar-refractivity contribution is 9.10. The van der Waals surface area contributed by atoms with Crippen molar-refractivity contribution >= 4 is 25.8 Å². The molecule has 1 rings (SSSR count). The molecule has 0 fully saturated rings. The lowest BCUT2D eigenvalue weighted by atomic mass is 10.2. The van der Waals surface area contributed by atoms with Gasteiger partial charge in [-0.25, -0.2) is 8.42 Å². The molecule has 18 heavy (non-hydrogen) atoms. The maximum Gasteiger partial charge on any atom is 0.154 e. The first-order valence-corrected chi connectivity index (χ1v) is 8.24. The van der Waals surface area contributed by atoms with Gasteiger partial charge in [-0.05, 0) is 31.5 Å². The van der Waals surface area contributed by atoms with Crippen LogP contribution in [-0.2, 0) is 15.6 Å². The van der Waals surface area contributed by atoms with Gasteiger partial charge in [-0.1, -0.05) is 15.9 Å². The zero-order valence-corrected chi connectivity index (χ0v) is 12.9. The molecule has 0 radical (unpaired) electrons. The lowest BCUT2D eigenvalue weighted by Gasteiger charge is -2.10. The summed E-state index contributed by atoms with van der Waals surface area (Å²) in [6, 6.07) is 5.23. The molecule has 6 heteroatoms. The Morgan fingerprint density at radius 2 is 2.11 bits per heavy atom. The van der Waals surface area contributed by atoms with Crippen LogP contribution in [0.15, 0.2) is 22.7 Å². The lowest BCUT2D eigenvalue weighted by molar-refractivity contribution is 0.411. The number of halogens is 1. The Hall–Kier alpha value is -0.590. The third-order valence-corrected chi connectivity index (χ3v) is 4.60. The van der Waals surface area contributed by atoms with Crippen LogP contribution in [0.1, 0.15) is 18.9 Å². The van der Waals surface area contributed by atoms with Crippen LogP contribution in [0.2, 0.25) is 0 Å². The summed E-state index contributed by atoms with van der Waals surface area (Å²) in [5.41, 5.74) is 6.24. The summed E-state index contributed by atoms with van der Waals surface area (Å²) < 4.78 is 29.9. The van der Waals surface area contributed by atoms with Crippen molar-refractivity contribution in [3.05, 3.63) is 28.2 Å². The number of rotatable bonds is 6. The first-order chi connectivity index (χ1) is 8.34. The molecular formula is C12H18BrNO3S. The number of hydrogen-bond acceptors (Lipinski definition) is 4. The Morgan fingerprint density at radius 1 is 1.44 bits per heavy atom. The molecule has 1 unspecified atom stereocenters. The van der Waals surface area contributed by atoms with Gasteiger partial charge in [0.2, 0.25) is 0 Å². The normalized spacial score (nSPS) is 13.3. The highest BCUT2D eigenvalue weighted by Crippen LogP contribution is 2.25. The average Bonchev–Trinajstić information content (AvgIpc) is 2.26. The Kier molecular flexibility index (Phi) is 5.62. The van der Waals surface area contributed by atoms with E-state index in [9.17, 15) is 8.42 Å². The molecule has 0 aliphatic rings. The molecule has 0 aliphatic heterocycles. The number of sulfone groups is 1. The van der Waals surface area contributed by atoms with Gasteiger partial charge in [-0.3, -0.25) is 0 Å². The van der Waals surface area contributed by atoms with Crippen molar-refractivity contribution in [1.82, 2.24) is 0 Å². The van der Waals surface area contributed by atoms with Gasteiger partial charge in [-0.15, -0.1) is 0 Å². The van der Waals surface area contributed by atoms with Crippen molar-refractivity contribution in [1.29, 1.82) is 0 Å². The zero-order valence-electron chi connectivity index (χ0n) is 10.5. The van der Waals surface area contributed by atoms with Crippen LogP contribution >= 0.6 is 15.9 Å². The zero-order chi connectivity index (χ0) is 13.8. The third kappa shape index (κ3) is 4.96. The molecule has 0 aromatic heterocycles. The van der Waals surface area contributed by atoms with Crippen molar-refractivity contribution in [2.24, 2.45) is 5.73 Å². The minimum absolute atomic E-state index is 0.0255. The first-order valence-electron chi connectivity index (χ1n) is 5.62. The number of ether oxygens (including phenoxy) is 1. The van der Waals surface area contributed by atoms with E-state index in [1.165, 1.54) is 7.11 Å². The van der Waals surface area contributed by atoms with Crippen molar-refractivity contribution in [3.8, 4) is 5.75 Å². The molecule has 0 saturated heterocycles. The van der Waals surface area contributed by atoms with E-state index in [0.717, 1.165) is 4.47 Å². The number of nitrogens with two attached hydrogens (primary N) is 1. The summed E-state index contributed by atoms with van der Waals surface area (Å²) in [5.74, 6) is 0.658. The molecule has 1 aromatic carbocycles. The van der Waals surface area contributed by atoms with E-state index in [1.54, 1.807) is 19.1 Å². The van der Waals surface area contributed by atoms with Crippen molar-refractivity contribution in [2.45, 2.75) is 25.1 Å². The number of hydrogen-bond donors (Lipinski definition) is 1. The van der Waals surface area contributed by atoms with Gasteiger partial charge in [0.15, 0.2) is 9.84 Å². The van der Waals surface area contributed by atoms with E-state index in [4.69, 9.17) is 10.5 Å². The summed E-state index contributed by atoms with van der Waals surface area (Å²) in [7, 11) is -1.63. The maximum absolute atomic E-state index is 12.0. The topological polar surface area (TPSA) is 69.4 Å². The number of benzene rings is 1. The predicted molar refractivity (Wildman–Crippen MR) is 76.5 cm³/mol. The van der Waals surface area contributed by atoms with Gasteiger partial charge in [0, 0.05) is 16.1 Å². The van der Waals surface area contributed by atoms with E-state index < -0.39 is 9.84 Å². The van der Waals surface area contributed by atoms with Gasteiger partial charge >= 0.3 is 0 Å². The predicted octanol–water partition coefficient (Wildman–Crippen LogP) is 2.11. The highest BCUT2D eigenvalue weighted by Gasteiger charge is 2.16. The second-order valence-corrected chi connectivity index (χ2v) is 7.41. The summed E-state index contributed by atoms with van der Waals surface area (Å²) in [6.07, 6.45) is 0.471. The minimum Gasteiger partial charge on any atom is -0.496 e. The van der Waals surface area contributed by atoms with Crippen LogP contribution in [0, 0.1) is 0 Å². The minimum atomic E-state index is -3.16. The summed E-state index contributed by atoms with van der Waals surface area (Å²) >= 11 is 3.32. The molecule has 0 saturated carbocycles. The van der Waals surface area contributed by atoms with Crippen LogP contribution < -0.4 is 10.5 Å². The van der Waals surface area contributed by atoms with Crippen molar-refractivity contribution in [3.63, 3.8) is 0 Å². The van der Waals surface area contributed by atoms with E-state index in [1.807, 2.05) is 6.07 Å². The Bertz CT molecular complexity index is 500. The molecule has 0 bridgehead atoms. The van der Waals surface area contributed by atoms with Gasteiger partial charge in [-0.2, -0.15) is 0 Å². The third-order valence-electron chi connectivity index (χ3n) is 2.50. The van der Waals surface area contributed by atoms with Crippen LogP contribution in [0.25, 0.3) is 0 Å². The fourth-order valence-corrected chi connectivity index (χ4v) is 3.52. The standard InChI is InChI=1S/C12H18BrNO3S/c1-9(14)5-6-18(15,16)8-10-7-11(13)3-4-12(10)17-2/h3-4,7,9H,5-6,8,14H2,1-2H3. The molecule has 4 nitrogen and oxygen atoms in total. The van der Waals surface area contributed by atoms with Crippen LogP contribution in [0.4, 0.5) is 0 Å². The molecule has 102 valence electrons. The fraction of sp³-hybridized carbons (Fsp3) is 0.500. The number of methoxy groups -OCH3 is 1. The molecule has 0 heterocycles. The van der Waals surface area contributed by atoms with Crippen LogP contribution in [0.5, 0.6) is 5.75 Å². The Labute approximate surface area is 117 Å². The molecule has 0 amide bonds. The molecular weight excluding hydrogens is 318 g/mol. The first kappa shape index (κ1) is 15.5. The molecule has 0 spiro atoms. The smallest absolute Gasteiger partial charge is 0.154 e. The largest absolute Gasteiger partial charge is 0.496 e. The summed E-state index contributed by atoms with van der Waals surface area (Å²) in [4.78, 5) is 0. The van der Waals surface area contributed by atoms with Gasteiger partial charge in [0.25, 0.3) is 0 Å². The molecule has 0 aliphatic carbocycles. The molecule has 1 aromatic rings. The van der Waals surface area contributed by atoms with Crippen molar-refractivity contribution in [2.75, 3.05) is 12.9 Å². The molecule has 2 N–H and O–H groups in total. The Balaban J connectivity index is 2.86. The van der Waals surface area contributed by atoms with Gasteiger partial charge in [0.1, 0.15) is 5.75 Å². The highest BCUT2D eigenvalue weighted by atomic mass is 79.9. The quantitative estimate of drug-likeness (QED) is 0.864. The van der Waals surface area contributed by atoms with E-state index in [2.05, 4.69) is 15.9 Å². The second-order valence-electron chi connectivity index (χ2n) is 4.31. The lowest BCUT2D eigenvalue weighted by Crippen LogP contribution is -2.20. The fourth-order valence-electron chi connectivity index (χ4n) is 1.53. The molecule has 1 atom stereocenters. The van der Waals surface area contributed by atoms with Crippen LogP contribution in [0.3, 0.4) is 0 Å². The monoisotopic (exact) mass is 335 g/mol. The van der Waals surface area contributed by atoms with Gasteiger partial charge in [0.05, 0.1) is 18.6 Å². The van der Waals surface area contributed by atoms with Gasteiger partial charge < -0.3 is 10.5 Å². The van der Waals surface area contributed by atoms with E-state index in [-0.39, 0.29) is 17.5 Å². The summed E-state index contributed by atoms with van der Waals surface area (Å²) in [5, 5.41) is 0. The van der Waals surface area contributed by atoms with Crippen LogP contribution in [-0.4, -0.2) is 27.3 Å². The average molecular weight is 336 g/mol. The maximum atomic E-state index is 12.0. The van der Waals surface area contributed by atoms with E-state index in [0.29, 0.717) is 17.7 Å². The summed E-state index contributed by atoms with van der Waals surface area (Å²) in [6.45, 7) is 1.80. The van der Waals surface area contributed by atoms with E-state index >= 15 is 0 Å². The SMILES string of the molecule is COc1ccc(Br)cc1CS(=O)(=O)CCC(C)N. The Morgan fingerprint density at radius 3 is 2.67 bits per heavy atom.